The molecule has 1 fully saturated rings. The van der Waals surface area contributed by atoms with E-state index in [2.05, 4.69) is 9.88 Å². The molecule has 1 amide bonds. The van der Waals surface area contributed by atoms with Gasteiger partial charge in [0.05, 0.1) is 30.9 Å². The summed E-state index contributed by atoms with van der Waals surface area (Å²) in [4.78, 5) is 26.2. The van der Waals surface area contributed by atoms with Gasteiger partial charge in [-0.05, 0) is 37.3 Å². The Kier molecular flexibility index (Phi) is 6.02. The monoisotopic (exact) mass is 418 g/mol. The standard InChI is InChI=1S/C24H26N4O3/c1-17-24(26-21-7-5-4-6-20(21)25-17)28-14-12-27(13-15-28)23(29)11-9-18-8-10-19(30-2)16-22(18)31-3/h4-11,16H,12-15H2,1-3H3/b11-9+. The van der Waals surface area contributed by atoms with E-state index >= 15 is 0 Å². The fourth-order valence-corrected chi connectivity index (χ4v) is 3.74. The summed E-state index contributed by atoms with van der Waals surface area (Å²) < 4.78 is 10.6. The Morgan fingerprint density at radius 3 is 2.35 bits per heavy atom. The van der Waals surface area contributed by atoms with Crippen molar-refractivity contribution >= 4 is 28.8 Å². The van der Waals surface area contributed by atoms with Crippen molar-refractivity contribution in [1.82, 2.24) is 14.9 Å². The highest BCUT2D eigenvalue weighted by molar-refractivity contribution is 5.92. The van der Waals surface area contributed by atoms with Crippen LogP contribution in [0.4, 0.5) is 5.82 Å². The van der Waals surface area contributed by atoms with Crippen LogP contribution in [0.15, 0.2) is 48.5 Å². The van der Waals surface area contributed by atoms with Crippen LogP contribution < -0.4 is 14.4 Å². The van der Waals surface area contributed by atoms with Crippen molar-refractivity contribution in [3.8, 4) is 11.5 Å². The molecular weight excluding hydrogens is 392 g/mol. The first-order valence-electron chi connectivity index (χ1n) is 10.3. The molecule has 160 valence electrons. The lowest BCUT2D eigenvalue weighted by Gasteiger charge is -2.35. The third-order valence-electron chi connectivity index (χ3n) is 5.46. The van der Waals surface area contributed by atoms with E-state index in [0.29, 0.717) is 24.6 Å². The van der Waals surface area contributed by atoms with Crippen molar-refractivity contribution in [2.75, 3.05) is 45.3 Å². The molecule has 0 aliphatic carbocycles. The minimum absolute atomic E-state index is 0.0150. The number of aromatic nitrogens is 2. The van der Waals surface area contributed by atoms with E-state index in [4.69, 9.17) is 14.5 Å². The largest absolute Gasteiger partial charge is 0.497 e. The number of hydrogen-bond acceptors (Lipinski definition) is 6. The summed E-state index contributed by atoms with van der Waals surface area (Å²) in [7, 11) is 3.21. The third kappa shape index (κ3) is 4.45. The van der Waals surface area contributed by atoms with Gasteiger partial charge in [-0.3, -0.25) is 4.79 Å². The summed E-state index contributed by atoms with van der Waals surface area (Å²) in [6.07, 6.45) is 3.38. The maximum Gasteiger partial charge on any atom is 0.246 e. The third-order valence-corrected chi connectivity index (χ3v) is 5.46. The molecular formula is C24H26N4O3. The van der Waals surface area contributed by atoms with Gasteiger partial charge < -0.3 is 19.3 Å². The van der Waals surface area contributed by atoms with Gasteiger partial charge in [-0.25, -0.2) is 9.97 Å². The number of ether oxygens (including phenoxy) is 2. The van der Waals surface area contributed by atoms with Crippen LogP contribution in [0.2, 0.25) is 0 Å². The molecule has 0 N–H and O–H groups in total. The summed E-state index contributed by atoms with van der Waals surface area (Å²) in [6.45, 7) is 4.70. The smallest absolute Gasteiger partial charge is 0.246 e. The van der Waals surface area contributed by atoms with Crippen LogP contribution in [0, 0.1) is 6.92 Å². The molecule has 2 aromatic carbocycles. The van der Waals surface area contributed by atoms with Gasteiger partial charge >= 0.3 is 0 Å². The molecule has 0 saturated carbocycles. The lowest BCUT2D eigenvalue weighted by atomic mass is 10.1. The molecule has 7 nitrogen and oxygen atoms in total. The second kappa shape index (κ2) is 9.04. The maximum atomic E-state index is 12.7. The van der Waals surface area contributed by atoms with Crippen molar-refractivity contribution in [3.05, 3.63) is 59.8 Å². The molecule has 0 unspecified atom stereocenters. The number of aryl methyl sites for hydroxylation is 1. The van der Waals surface area contributed by atoms with Crippen LogP contribution in [-0.4, -0.2) is 61.2 Å². The van der Waals surface area contributed by atoms with Gasteiger partial charge in [0.2, 0.25) is 5.91 Å². The molecule has 1 aromatic heterocycles. The van der Waals surface area contributed by atoms with E-state index in [9.17, 15) is 4.79 Å². The van der Waals surface area contributed by atoms with Crippen LogP contribution in [0.1, 0.15) is 11.3 Å². The Morgan fingerprint density at radius 2 is 1.68 bits per heavy atom. The van der Waals surface area contributed by atoms with Crippen LogP contribution in [0.3, 0.4) is 0 Å². The highest BCUT2D eigenvalue weighted by Crippen LogP contribution is 2.26. The first-order valence-corrected chi connectivity index (χ1v) is 10.3. The van der Waals surface area contributed by atoms with Crippen molar-refractivity contribution in [3.63, 3.8) is 0 Å². The number of amides is 1. The normalized spacial score (nSPS) is 14.3. The summed E-state index contributed by atoms with van der Waals surface area (Å²) >= 11 is 0. The van der Waals surface area contributed by atoms with Crippen molar-refractivity contribution in [2.45, 2.75) is 6.92 Å². The summed E-state index contributed by atoms with van der Waals surface area (Å²) in [5.74, 6) is 2.25. The number of carbonyl (C=O) groups excluding carboxylic acids is 1. The van der Waals surface area contributed by atoms with Crippen molar-refractivity contribution in [1.29, 1.82) is 0 Å². The lowest BCUT2D eigenvalue weighted by molar-refractivity contribution is -0.126. The first kappa shape index (κ1) is 20.7. The molecule has 4 rings (SSSR count). The van der Waals surface area contributed by atoms with E-state index in [0.717, 1.165) is 41.2 Å². The maximum absolute atomic E-state index is 12.7. The number of benzene rings is 2. The Morgan fingerprint density at radius 1 is 0.968 bits per heavy atom. The molecule has 1 aliphatic rings. The van der Waals surface area contributed by atoms with Gasteiger partial charge in [-0.1, -0.05) is 12.1 Å². The Hall–Kier alpha value is -3.61. The van der Waals surface area contributed by atoms with Gasteiger partial charge in [-0.2, -0.15) is 0 Å². The number of piperazine rings is 1. The van der Waals surface area contributed by atoms with Gasteiger partial charge in [0.25, 0.3) is 0 Å². The molecule has 3 aromatic rings. The fraction of sp³-hybridized carbons (Fsp3) is 0.292. The van der Waals surface area contributed by atoms with Crippen LogP contribution in [0.5, 0.6) is 11.5 Å². The Labute approximate surface area is 181 Å². The Balaban J connectivity index is 1.41. The molecule has 0 atom stereocenters. The lowest BCUT2D eigenvalue weighted by Crippen LogP contribution is -2.48. The van der Waals surface area contributed by atoms with Gasteiger partial charge in [-0.15, -0.1) is 0 Å². The number of rotatable bonds is 5. The highest BCUT2D eigenvalue weighted by atomic mass is 16.5. The number of carbonyl (C=O) groups is 1. The van der Waals surface area contributed by atoms with E-state index in [1.165, 1.54) is 0 Å². The minimum Gasteiger partial charge on any atom is -0.497 e. The molecule has 1 aliphatic heterocycles. The van der Waals surface area contributed by atoms with E-state index in [-0.39, 0.29) is 5.91 Å². The molecule has 0 bridgehead atoms. The number of methoxy groups -OCH3 is 2. The van der Waals surface area contributed by atoms with Crippen molar-refractivity contribution in [2.24, 2.45) is 0 Å². The van der Waals surface area contributed by atoms with E-state index in [1.54, 1.807) is 32.4 Å². The zero-order chi connectivity index (χ0) is 21.8. The molecule has 0 spiro atoms. The summed E-state index contributed by atoms with van der Waals surface area (Å²) in [5, 5.41) is 0. The fourth-order valence-electron chi connectivity index (χ4n) is 3.74. The molecule has 0 radical (unpaired) electrons. The second-order valence-corrected chi connectivity index (χ2v) is 7.37. The first-order chi connectivity index (χ1) is 15.1. The van der Waals surface area contributed by atoms with Gasteiger partial charge in [0.15, 0.2) is 5.82 Å². The minimum atomic E-state index is -0.0150. The SMILES string of the molecule is COc1ccc(/C=C/C(=O)N2CCN(c3nc4ccccc4nc3C)CC2)c(OC)c1. The second-order valence-electron chi connectivity index (χ2n) is 7.37. The Bertz CT molecular complexity index is 1120. The van der Waals surface area contributed by atoms with E-state index in [1.807, 2.05) is 48.2 Å². The number of para-hydroxylation sites is 2. The highest BCUT2D eigenvalue weighted by Gasteiger charge is 2.22. The predicted octanol–water partition coefficient (Wildman–Crippen LogP) is 3.32. The summed E-state index contributed by atoms with van der Waals surface area (Å²) in [6, 6.07) is 13.4. The average molecular weight is 418 g/mol. The molecule has 1 saturated heterocycles. The van der Waals surface area contributed by atoms with Crippen LogP contribution in [0.25, 0.3) is 17.1 Å². The zero-order valence-corrected chi connectivity index (χ0v) is 18.0. The predicted molar refractivity (Wildman–Crippen MR) is 122 cm³/mol. The molecule has 31 heavy (non-hydrogen) atoms. The van der Waals surface area contributed by atoms with Crippen molar-refractivity contribution < 1.29 is 14.3 Å². The number of hydrogen-bond donors (Lipinski definition) is 0. The summed E-state index contributed by atoms with van der Waals surface area (Å²) in [5.41, 5.74) is 3.52. The molecule has 2 heterocycles. The van der Waals surface area contributed by atoms with Gasteiger partial charge in [0, 0.05) is 43.9 Å². The zero-order valence-electron chi connectivity index (χ0n) is 18.0. The number of nitrogens with zero attached hydrogens (tertiary/aromatic N) is 4. The van der Waals surface area contributed by atoms with E-state index < -0.39 is 0 Å². The van der Waals surface area contributed by atoms with Gasteiger partial charge in [0.1, 0.15) is 11.5 Å². The number of fused-ring (bicyclic) bond motifs is 1. The molecule has 7 heteroatoms. The van der Waals surface area contributed by atoms with Crippen LogP contribution >= 0.6 is 0 Å². The number of anilines is 1. The quantitative estimate of drug-likeness (QED) is 0.592. The topological polar surface area (TPSA) is 67.8 Å². The average Bonchev–Trinajstić information content (AvgIpc) is 2.82. The van der Waals surface area contributed by atoms with Crippen LogP contribution in [-0.2, 0) is 4.79 Å².